The number of carboxylic acid groups (broad SMARTS) is 1. The van der Waals surface area contributed by atoms with E-state index < -0.39 is 29.4 Å². The first-order valence-corrected chi connectivity index (χ1v) is 10.9. The Morgan fingerprint density at radius 1 is 1.45 bits per heavy atom. The molecule has 2 amide bonds. The molecule has 0 unspecified atom stereocenters. The van der Waals surface area contributed by atoms with Crippen LogP contribution in [-0.4, -0.2) is 58.1 Å². The molecule has 5 rings (SSSR count). The zero-order valence-corrected chi connectivity index (χ0v) is 18.3. The van der Waals surface area contributed by atoms with Crippen LogP contribution in [0.25, 0.3) is 0 Å². The Labute approximate surface area is 185 Å². The number of rotatable bonds is 3. The molecule has 6 atom stereocenters. The molecule has 1 aromatic rings. The summed E-state index contributed by atoms with van der Waals surface area (Å²) in [5.41, 5.74) is -0.635. The minimum Gasteiger partial charge on any atom is -0.465 e. The van der Waals surface area contributed by atoms with Crippen LogP contribution in [0.5, 0.6) is 0 Å². The van der Waals surface area contributed by atoms with Gasteiger partial charge in [-0.25, -0.2) is 4.79 Å². The van der Waals surface area contributed by atoms with Gasteiger partial charge in [-0.2, -0.15) is 5.26 Å². The number of nitrogens with zero attached hydrogens (tertiary/aromatic N) is 3. The number of benzene rings is 1. The smallest absolute Gasteiger partial charge is 0.407 e. The normalized spacial score (nSPS) is 37.8. The Kier molecular flexibility index (Phi) is 4.36. The molecule has 1 aromatic carbocycles. The Balaban J connectivity index is 1.60. The summed E-state index contributed by atoms with van der Waals surface area (Å²) in [6.07, 6.45) is -0.535. The van der Waals surface area contributed by atoms with Gasteiger partial charge in [0.05, 0.1) is 46.3 Å². The fourth-order valence-electron chi connectivity index (χ4n) is 6.47. The number of hydrogen-bond donors (Lipinski definition) is 1. The number of amides is 2. The van der Waals surface area contributed by atoms with Crippen molar-refractivity contribution in [3.63, 3.8) is 0 Å². The maximum absolute atomic E-state index is 13.7. The molecule has 1 spiro atoms. The second kappa shape index (κ2) is 6.58. The molecule has 164 valence electrons. The summed E-state index contributed by atoms with van der Waals surface area (Å²) < 4.78 is 12.7. The number of anilines is 1. The van der Waals surface area contributed by atoms with Crippen molar-refractivity contribution in [1.29, 1.82) is 5.26 Å². The van der Waals surface area contributed by atoms with E-state index in [1.54, 1.807) is 23.1 Å². The first kappa shape index (κ1) is 20.6. The Morgan fingerprint density at radius 2 is 2.19 bits per heavy atom. The highest BCUT2D eigenvalue weighted by atomic mass is 35.5. The lowest BCUT2D eigenvalue weighted by Gasteiger charge is -2.49. The zero-order valence-electron chi connectivity index (χ0n) is 17.5. The highest BCUT2D eigenvalue weighted by Gasteiger charge is 2.79. The summed E-state index contributed by atoms with van der Waals surface area (Å²) in [4.78, 5) is 28.9. The van der Waals surface area contributed by atoms with Crippen LogP contribution in [0, 0.1) is 23.2 Å². The number of carbonyl (C=O) groups is 2. The van der Waals surface area contributed by atoms with Gasteiger partial charge in [-0.3, -0.25) is 14.6 Å². The third-order valence-electron chi connectivity index (χ3n) is 7.48. The minimum absolute atomic E-state index is 0.105. The second-order valence-corrected chi connectivity index (χ2v) is 9.78. The van der Waals surface area contributed by atoms with E-state index in [-0.39, 0.29) is 28.9 Å². The number of halogens is 1. The lowest BCUT2D eigenvalue weighted by atomic mass is 9.63. The quantitative estimate of drug-likeness (QED) is 0.766. The van der Waals surface area contributed by atoms with Gasteiger partial charge in [0.15, 0.2) is 0 Å². The molecule has 0 aromatic heterocycles. The minimum atomic E-state index is -0.978. The second-order valence-electron chi connectivity index (χ2n) is 9.37. The summed E-state index contributed by atoms with van der Waals surface area (Å²) in [6, 6.07) is 6.38. The first-order chi connectivity index (χ1) is 14.6. The summed E-state index contributed by atoms with van der Waals surface area (Å²) in [7, 11) is 0. The topological polar surface area (TPSA) is 103 Å². The molecular formula is C22H24ClN3O5. The zero-order chi connectivity index (χ0) is 22.3. The van der Waals surface area contributed by atoms with E-state index in [0.717, 1.165) is 0 Å². The predicted octanol–water partition coefficient (Wildman–Crippen LogP) is 3.23. The van der Waals surface area contributed by atoms with Crippen molar-refractivity contribution in [3.8, 4) is 6.07 Å². The number of ether oxygens (including phenoxy) is 2. The van der Waals surface area contributed by atoms with Gasteiger partial charge in [0.25, 0.3) is 0 Å². The van der Waals surface area contributed by atoms with Crippen molar-refractivity contribution >= 4 is 29.3 Å². The predicted molar refractivity (Wildman–Crippen MR) is 111 cm³/mol. The van der Waals surface area contributed by atoms with Gasteiger partial charge < -0.3 is 14.6 Å². The molecule has 0 saturated carbocycles. The average Bonchev–Trinajstić information content (AvgIpc) is 3.25. The summed E-state index contributed by atoms with van der Waals surface area (Å²) in [6.45, 7) is 6.00. The molecule has 4 heterocycles. The monoisotopic (exact) mass is 445 g/mol. The number of nitriles is 1. The van der Waals surface area contributed by atoms with Crippen molar-refractivity contribution in [1.82, 2.24) is 4.90 Å². The summed E-state index contributed by atoms with van der Waals surface area (Å²) >= 11 is 6.24. The molecule has 4 aliphatic heterocycles. The Morgan fingerprint density at radius 3 is 2.81 bits per heavy atom. The van der Waals surface area contributed by atoms with Gasteiger partial charge in [-0.15, -0.1) is 0 Å². The van der Waals surface area contributed by atoms with E-state index in [0.29, 0.717) is 30.7 Å². The number of fused-ring (bicyclic) bond motifs is 2. The molecule has 8 nitrogen and oxygen atoms in total. The van der Waals surface area contributed by atoms with Crippen LogP contribution in [0.1, 0.15) is 39.2 Å². The average molecular weight is 446 g/mol. The fourth-order valence-corrected chi connectivity index (χ4v) is 6.68. The Hall–Kier alpha value is -2.34. The van der Waals surface area contributed by atoms with Crippen molar-refractivity contribution < 1.29 is 24.2 Å². The van der Waals surface area contributed by atoms with Crippen LogP contribution in [0.4, 0.5) is 10.5 Å². The van der Waals surface area contributed by atoms with Crippen LogP contribution < -0.4 is 4.90 Å². The first-order valence-electron chi connectivity index (χ1n) is 10.5. The lowest BCUT2D eigenvalue weighted by Crippen LogP contribution is -2.63. The molecule has 2 bridgehead atoms. The molecule has 4 saturated heterocycles. The largest absolute Gasteiger partial charge is 0.465 e. The number of hydrogen-bond acceptors (Lipinski definition) is 5. The summed E-state index contributed by atoms with van der Waals surface area (Å²) in [5, 5.41) is 19.4. The third-order valence-corrected chi connectivity index (χ3v) is 7.79. The van der Waals surface area contributed by atoms with Crippen LogP contribution in [0.15, 0.2) is 18.2 Å². The van der Waals surface area contributed by atoms with Crippen LogP contribution in [0.3, 0.4) is 0 Å². The van der Waals surface area contributed by atoms with Crippen molar-refractivity contribution in [2.75, 3.05) is 11.5 Å². The van der Waals surface area contributed by atoms with Gasteiger partial charge in [0.2, 0.25) is 5.91 Å². The van der Waals surface area contributed by atoms with E-state index in [4.69, 9.17) is 21.1 Å². The standard InChI is InChI=1S/C22H24ClN3O5/c1-11(2)25(20(28)29)15-9-21(3)16-17-19(30-7-6-22(15,17)31-21)26(18(16)27)13-5-4-12(10-24)14(23)8-13/h4-5,8,11,15-17,19H,6-7,9H2,1-3H3,(H,28,29)/t15-,16+,17-,19-,21+,22-/m0/s1. The third kappa shape index (κ3) is 2.54. The van der Waals surface area contributed by atoms with Gasteiger partial charge in [-0.1, -0.05) is 11.6 Å². The SMILES string of the molecule is CC(C)N(C(=O)O)[C@H]1C[C@@]2(C)O[C@@]13CCO[C@H]1[C@@H]3[C@@H]2C(=O)N1c1ccc(C#N)c(Cl)c1. The molecule has 1 N–H and O–H groups in total. The van der Waals surface area contributed by atoms with Gasteiger partial charge in [-0.05, 0) is 39.0 Å². The molecule has 0 radical (unpaired) electrons. The molecule has 4 fully saturated rings. The fraction of sp³-hybridized carbons (Fsp3) is 0.591. The molecule has 0 aliphatic carbocycles. The van der Waals surface area contributed by atoms with E-state index in [2.05, 4.69) is 0 Å². The maximum atomic E-state index is 13.7. The Bertz CT molecular complexity index is 1020. The van der Waals surface area contributed by atoms with E-state index >= 15 is 0 Å². The number of carbonyl (C=O) groups excluding carboxylic acids is 1. The maximum Gasteiger partial charge on any atom is 0.407 e. The lowest BCUT2D eigenvalue weighted by molar-refractivity contribution is -0.153. The van der Waals surface area contributed by atoms with Crippen molar-refractivity contribution in [2.45, 2.75) is 63.1 Å². The van der Waals surface area contributed by atoms with Crippen molar-refractivity contribution in [2.24, 2.45) is 11.8 Å². The van der Waals surface area contributed by atoms with E-state index in [1.807, 2.05) is 26.8 Å². The highest BCUT2D eigenvalue weighted by Crippen LogP contribution is 2.66. The van der Waals surface area contributed by atoms with Crippen molar-refractivity contribution in [3.05, 3.63) is 28.8 Å². The van der Waals surface area contributed by atoms with Gasteiger partial charge >= 0.3 is 6.09 Å². The van der Waals surface area contributed by atoms with Crippen LogP contribution in [0.2, 0.25) is 5.02 Å². The molecule has 4 aliphatic rings. The molecule has 31 heavy (non-hydrogen) atoms. The van der Waals surface area contributed by atoms with Gasteiger partial charge in [0.1, 0.15) is 12.3 Å². The van der Waals surface area contributed by atoms with E-state index in [9.17, 15) is 20.0 Å². The molecular weight excluding hydrogens is 422 g/mol. The van der Waals surface area contributed by atoms with Crippen LogP contribution in [-0.2, 0) is 14.3 Å². The van der Waals surface area contributed by atoms with Gasteiger partial charge in [0, 0.05) is 24.6 Å². The summed E-state index contributed by atoms with van der Waals surface area (Å²) in [5.74, 6) is -0.814. The van der Waals surface area contributed by atoms with Crippen LogP contribution >= 0.6 is 11.6 Å². The molecule has 9 heteroatoms. The highest BCUT2D eigenvalue weighted by molar-refractivity contribution is 6.32. The van der Waals surface area contributed by atoms with E-state index in [1.165, 1.54) is 4.90 Å².